The average molecular weight is 260 g/mol. The summed E-state index contributed by atoms with van der Waals surface area (Å²) in [6, 6.07) is 0. The highest BCUT2D eigenvalue weighted by atomic mass is 16.6. The molecule has 1 aliphatic rings. The first-order chi connectivity index (χ1) is 8.13. The second-order valence-corrected chi connectivity index (χ2v) is 3.91. The Balaban J connectivity index is 3.28. The number of cyclic esters (lactones) is 1. The van der Waals surface area contributed by atoms with E-state index in [-0.39, 0.29) is 0 Å². The number of carbonyl (C=O) groups excluding carboxylic acids is 3. The number of aliphatic hydroxyl groups is 4. The number of hydrogen-bond acceptors (Lipinski definition) is 8. The highest BCUT2D eigenvalue weighted by Crippen LogP contribution is 2.31. The van der Waals surface area contributed by atoms with Crippen LogP contribution in [0.1, 0.15) is 13.8 Å². The summed E-state index contributed by atoms with van der Waals surface area (Å²) in [4.78, 5) is 33.4. The quantitative estimate of drug-likeness (QED) is 0.448. The Hall–Kier alpha value is -1.93. The summed E-state index contributed by atoms with van der Waals surface area (Å²) in [7, 11) is 0. The van der Waals surface area contributed by atoms with Crippen LogP contribution in [0.2, 0.25) is 0 Å². The van der Waals surface area contributed by atoms with Gasteiger partial charge in [-0.1, -0.05) is 0 Å². The van der Waals surface area contributed by atoms with Gasteiger partial charge in [-0.3, -0.25) is 9.59 Å². The lowest BCUT2D eigenvalue weighted by molar-refractivity contribution is -0.182. The lowest BCUT2D eigenvalue weighted by Crippen LogP contribution is -2.60. The molecular weight excluding hydrogens is 248 g/mol. The van der Waals surface area contributed by atoms with E-state index in [1.54, 1.807) is 0 Å². The molecule has 4 N–H and O–H groups in total. The fourth-order valence-corrected chi connectivity index (χ4v) is 1.58. The summed E-state index contributed by atoms with van der Waals surface area (Å²) in [5, 5.41) is 38.0. The van der Waals surface area contributed by atoms with E-state index in [1.807, 2.05) is 0 Å². The van der Waals surface area contributed by atoms with E-state index < -0.39 is 46.9 Å². The zero-order valence-corrected chi connectivity index (χ0v) is 9.58. The van der Waals surface area contributed by atoms with E-state index in [1.165, 1.54) is 0 Å². The van der Waals surface area contributed by atoms with Crippen LogP contribution >= 0.6 is 0 Å². The van der Waals surface area contributed by atoms with Crippen molar-refractivity contribution < 1.29 is 39.5 Å². The molecule has 0 bridgehead atoms. The van der Waals surface area contributed by atoms with Gasteiger partial charge in [-0.25, -0.2) is 4.79 Å². The third kappa shape index (κ3) is 1.85. The molecule has 0 aromatic heterocycles. The molecule has 100 valence electrons. The van der Waals surface area contributed by atoms with Crippen LogP contribution in [0.4, 0.5) is 0 Å². The maximum atomic E-state index is 11.4. The first-order valence-electron chi connectivity index (χ1n) is 4.89. The fraction of sp³-hybridized carbons (Fsp3) is 0.500. The third-order valence-corrected chi connectivity index (χ3v) is 2.67. The first kappa shape index (κ1) is 14.1. The van der Waals surface area contributed by atoms with Crippen LogP contribution < -0.4 is 0 Å². The molecule has 1 heterocycles. The summed E-state index contributed by atoms with van der Waals surface area (Å²) < 4.78 is 4.39. The van der Waals surface area contributed by atoms with Gasteiger partial charge < -0.3 is 25.2 Å². The van der Waals surface area contributed by atoms with Crippen molar-refractivity contribution in [3.63, 3.8) is 0 Å². The average Bonchev–Trinajstić information content (AvgIpc) is 2.54. The Bertz CT molecular complexity index is 451. The summed E-state index contributed by atoms with van der Waals surface area (Å²) >= 11 is 0. The van der Waals surface area contributed by atoms with Gasteiger partial charge in [-0.2, -0.15) is 0 Å². The van der Waals surface area contributed by atoms with Crippen molar-refractivity contribution in [2.45, 2.75) is 31.7 Å². The summed E-state index contributed by atoms with van der Waals surface area (Å²) in [5.74, 6) is -5.74. The molecule has 0 aliphatic carbocycles. The highest BCUT2D eigenvalue weighted by Gasteiger charge is 2.57. The molecule has 0 radical (unpaired) electrons. The summed E-state index contributed by atoms with van der Waals surface area (Å²) in [6.07, 6.45) is -4.23. The molecule has 18 heavy (non-hydrogen) atoms. The van der Waals surface area contributed by atoms with Crippen molar-refractivity contribution in [3.8, 4) is 0 Å². The fourth-order valence-electron chi connectivity index (χ4n) is 1.58. The molecule has 1 rings (SSSR count). The van der Waals surface area contributed by atoms with Crippen molar-refractivity contribution in [1.29, 1.82) is 0 Å². The minimum atomic E-state index is -2.85. The van der Waals surface area contributed by atoms with Gasteiger partial charge in [0.15, 0.2) is 29.0 Å². The van der Waals surface area contributed by atoms with Crippen LogP contribution in [0.5, 0.6) is 0 Å². The van der Waals surface area contributed by atoms with Crippen molar-refractivity contribution in [2.75, 3.05) is 0 Å². The Kier molecular flexibility index (Phi) is 3.45. The summed E-state index contributed by atoms with van der Waals surface area (Å²) in [5.41, 5.74) is -2.85. The van der Waals surface area contributed by atoms with E-state index in [2.05, 4.69) is 4.74 Å². The lowest BCUT2D eigenvalue weighted by atomic mass is 9.84. The van der Waals surface area contributed by atoms with Gasteiger partial charge in [0.05, 0.1) is 0 Å². The van der Waals surface area contributed by atoms with Gasteiger partial charge in [0, 0.05) is 0 Å². The van der Waals surface area contributed by atoms with Crippen molar-refractivity contribution in [1.82, 2.24) is 0 Å². The molecule has 0 aromatic rings. The zero-order chi connectivity index (χ0) is 14.2. The molecule has 3 atom stereocenters. The largest absolute Gasteiger partial charge is 0.505 e. The van der Waals surface area contributed by atoms with Crippen LogP contribution in [0.15, 0.2) is 11.5 Å². The maximum absolute atomic E-state index is 11.4. The Morgan fingerprint density at radius 2 is 1.83 bits per heavy atom. The van der Waals surface area contributed by atoms with E-state index in [9.17, 15) is 29.7 Å². The molecule has 8 nitrogen and oxygen atoms in total. The SMILES string of the molecule is CC(=O)C(O)[C@@](O)(C(C)=O)[C@H]1OC(=O)C(O)=C1O. The molecular formula is C10H12O8. The van der Waals surface area contributed by atoms with E-state index in [0.29, 0.717) is 0 Å². The minimum Gasteiger partial charge on any atom is -0.505 e. The molecule has 1 aliphatic heterocycles. The smallest absolute Gasteiger partial charge is 0.378 e. The number of Topliss-reactive ketones (excluding diaryl/α,β-unsaturated/α-hetero) is 2. The van der Waals surface area contributed by atoms with Gasteiger partial charge in [0.2, 0.25) is 11.9 Å². The second kappa shape index (κ2) is 4.39. The Morgan fingerprint density at radius 3 is 2.11 bits per heavy atom. The molecule has 8 heteroatoms. The number of esters is 1. The monoisotopic (exact) mass is 260 g/mol. The van der Waals surface area contributed by atoms with Crippen LogP contribution in [-0.2, 0) is 19.1 Å². The molecule has 0 saturated carbocycles. The maximum Gasteiger partial charge on any atom is 0.378 e. The highest BCUT2D eigenvalue weighted by molar-refractivity contribution is 5.97. The topological polar surface area (TPSA) is 141 Å². The standard InChI is InChI=1S/C10H12O8/c1-3(11)7(15)10(17,4(2)12)8-5(13)6(14)9(16)18-8/h7-8,13-15,17H,1-2H3/t7?,8-,10-/m0/s1. The minimum absolute atomic E-state index is 0.836. The van der Waals surface area contributed by atoms with Crippen molar-refractivity contribution in [2.24, 2.45) is 0 Å². The number of hydrogen-bond donors (Lipinski definition) is 4. The number of aliphatic hydroxyl groups excluding tert-OH is 3. The van der Waals surface area contributed by atoms with Crippen molar-refractivity contribution >= 4 is 17.5 Å². The van der Waals surface area contributed by atoms with Gasteiger partial charge >= 0.3 is 5.97 Å². The van der Waals surface area contributed by atoms with E-state index in [0.717, 1.165) is 13.8 Å². The van der Waals surface area contributed by atoms with Gasteiger partial charge in [0.1, 0.15) is 0 Å². The number of carbonyl (C=O) groups is 3. The number of ketones is 2. The molecule has 0 saturated heterocycles. The van der Waals surface area contributed by atoms with Crippen LogP contribution in [0, 0.1) is 0 Å². The van der Waals surface area contributed by atoms with E-state index in [4.69, 9.17) is 5.11 Å². The molecule has 0 spiro atoms. The molecule has 0 amide bonds. The molecule has 1 unspecified atom stereocenters. The van der Waals surface area contributed by atoms with Crippen LogP contribution in [0.3, 0.4) is 0 Å². The normalized spacial score (nSPS) is 24.4. The Morgan fingerprint density at radius 1 is 1.33 bits per heavy atom. The van der Waals surface area contributed by atoms with Gasteiger partial charge in [-0.05, 0) is 13.8 Å². The lowest BCUT2D eigenvalue weighted by Gasteiger charge is -2.32. The Labute approximate surface area is 101 Å². The predicted molar refractivity (Wildman–Crippen MR) is 54.5 cm³/mol. The van der Waals surface area contributed by atoms with Crippen LogP contribution in [0.25, 0.3) is 0 Å². The number of rotatable bonds is 4. The van der Waals surface area contributed by atoms with E-state index >= 15 is 0 Å². The van der Waals surface area contributed by atoms with Gasteiger partial charge in [0.25, 0.3) is 0 Å². The first-order valence-corrected chi connectivity index (χ1v) is 4.89. The third-order valence-electron chi connectivity index (χ3n) is 2.67. The van der Waals surface area contributed by atoms with Crippen LogP contribution in [-0.4, -0.2) is 55.8 Å². The summed E-state index contributed by atoms with van der Waals surface area (Å²) in [6.45, 7) is 1.73. The molecule has 0 fully saturated rings. The van der Waals surface area contributed by atoms with Crippen molar-refractivity contribution in [3.05, 3.63) is 11.5 Å². The van der Waals surface area contributed by atoms with Gasteiger partial charge in [-0.15, -0.1) is 0 Å². The molecule has 0 aromatic carbocycles. The predicted octanol–water partition coefficient (Wildman–Crippen LogP) is -1.49. The zero-order valence-electron chi connectivity index (χ0n) is 9.58. The number of ether oxygens (including phenoxy) is 1. The second-order valence-electron chi connectivity index (χ2n) is 3.91.